The fourth-order valence-electron chi connectivity index (χ4n) is 2.74. The number of carbonyl (C=O) groups is 1. The van der Waals surface area contributed by atoms with Gasteiger partial charge in [-0.25, -0.2) is 4.99 Å². The Kier molecular flexibility index (Phi) is 6.25. The van der Waals surface area contributed by atoms with E-state index in [1.54, 1.807) is 18.2 Å². The van der Waals surface area contributed by atoms with E-state index in [0.29, 0.717) is 22.8 Å². The fraction of sp³-hybridized carbons (Fsp3) is 0.200. The summed E-state index contributed by atoms with van der Waals surface area (Å²) in [5, 5.41) is 2.53. The van der Waals surface area contributed by atoms with Gasteiger partial charge in [-0.2, -0.15) is 13.2 Å². The van der Waals surface area contributed by atoms with Crippen molar-refractivity contribution < 1.29 is 32.2 Å². The van der Waals surface area contributed by atoms with Crippen LogP contribution >= 0.6 is 11.8 Å². The zero-order valence-electron chi connectivity index (χ0n) is 16.2. The molecule has 2 aromatic rings. The first-order valence-electron chi connectivity index (χ1n) is 8.52. The molecule has 30 heavy (non-hydrogen) atoms. The molecule has 0 radical (unpaired) electrons. The molecule has 3 rings (SSSR count). The second-order valence-corrected chi connectivity index (χ2v) is 6.99. The van der Waals surface area contributed by atoms with Crippen molar-refractivity contribution >= 4 is 34.6 Å². The van der Waals surface area contributed by atoms with Gasteiger partial charge in [0.2, 0.25) is 5.75 Å². The molecular weight excluding hydrogens is 421 g/mol. The molecule has 0 unspecified atom stereocenters. The number of thioether (sulfide) groups is 1. The van der Waals surface area contributed by atoms with Crippen LogP contribution in [0, 0.1) is 0 Å². The number of amidine groups is 1. The van der Waals surface area contributed by atoms with E-state index in [9.17, 15) is 18.0 Å². The van der Waals surface area contributed by atoms with Crippen LogP contribution in [0.15, 0.2) is 46.3 Å². The molecular formula is C20H17F3N2O4S. The van der Waals surface area contributed by atoms with Gasteiger partial charge >= 0.3 is 6.18 Å². The highest BCUT2D eigenvalue weighted by Crippen LogP contribution is 2.40. The molecule has 0 spiro atoms. The van der Waals surface area contributed by atoms with Crippen LogP contribution in [0.5, 0.6) is 17.2 Å². The lowest BCUT2D eigenvalue weighted by Crippen LogP contribution is -2.19. The van der Waals surface area contributed by atoms with Gasteiger partial charge in [0.1, 0.15) is 0 Å². The smallest absolute Gasteiger partial charge is 0.418 e. The summed E-state index contributed by atoms with van der Waals surface area (Å²) < 4.78 is 55.3. The first-order valence-corrected chi connectivity index (χ1v) is 9.34. The largest absolute Gasteiger partial charge is 0.493 e. The van der Waals surface area contributed by atoms with Gasteiger partial charge in [0.25, 0.3) is 5.91 Å². The molecule has 1 fully saturated rings. The van der Waals surface area contributed by atoms with E-state index in [-0.39, 0.29) is 15.8 Å². The molecule has 0 atom stereocenters. The third-order valence-corrected chi connectivity index (χ3v) is 4.98. The average Bonchev–Trinajstić information content (AvgIpc) is 3.05. The van der Waals surface area contributed by atoms with Crippen LogP contribution in [0.3, 0.4) is 0 Å². The monoisotopic (exact) mass is 438 g/mol. The van der Waals surface area contributed by atoms with Gasteiger partial charge in [-0.15, -0.1) is 0 Å². The van der Waals surface area contributed by atoms with E-state index < -0.39 is 17.6 Å². The molecule has 10 heteroatoms. The maximum Gasteiger partial charge on any atom is 0.418 e. The number of halogens is 3. The van der Waals surface area contributed by atoms with Crippen LogP contribution < -0.4 is 19.5 Å². The maximum absolute atomic E-state index is 13.2. The predicted molar refractivity (Wildman–Crippen MR) is 108 cm³/mol. The number of benzene rings is 2. The minimum Gasteiger partial charge on any atom is -0.493 e. The Labute approximate surface area is 174 Å². The van der Waals surface area contributed by atoms with Crippen LogP contribution in [0.1, 0.15) is 11.1 Å². The number of aliphatic imine (C=N–C) groups is 1. The zero-order chi connectivity index (χ0) is 21.9. The topological polar surface area (TPSA) is 69.2 Å². The van der Waals surface area contributed by atoms with E-state index >= 15 is 0 Å². The summed E-state index contributed by atoms with van der Waals surface area (Å²) >= 11 is 0.935. The lowest BCUT2D eigenvalue weighted by Gasteiger charge is -2.12. The summed E-state index contributed by atoms with van der Waals surface area (Å²) in [4.78, 5) is 16.5. The van der Waals surface area contributed by atoms with Gasteiger partial charge in [-0.1, -0.05) is 12.1 Å². The van der Waals surface area contributed by atoms with E-state index in [0.717, 1.165) is 17.8 Å². The third kappa shape index (κ3) is 4.54. The summed E-state index contributed by atoms with van der Waals surface area (Å²) in [6.45, 7) is 0. The molecule has 1 aliphatic heterocycles. The summed E-state index contributed by atoms with van der Waals surface area (Å²) in [6, 6.07) is 8.20. The number of ether oxygens (including phenoxy) is 3. The van der Waals surface area contributed by atoms with Crippen LogP contribution in [0.25, 0.3) is 6.08 Å². The van der Waals surface area contributed by atoms with Gasteiger partial charge in [-0.3, -0.25) is 4.79 Å². The van der Waals surface area contributed by atoms with Gasteiger partial charge in [0.15, 0.2) is 16.7 Å². The lowest BCUT2D eigenvalue weighted by atomic mass is 10.1. The highest BCUT2D eigenvalue weighted by molar-refractivity contribution is 8.18. The molecule has 0 aliphatic carbocycles. The second-order valence-electron chi connectivity index (χ2n) is 5.96. The summed E-state index contributed by atoms with van der Waals surface area (Å²) in [7, 11) is 4.41. The first kappa shape index (κ1) is 21.6. The van der Waals surface area contributed by atoms with Crippen molar-refractivity contribution in [1.29, 1.82) is 0 Å². The Morgan fingerprint density at radius 1 is 1.03 bits per heavy atom. The molecule has 6 nitrogen and oxygen atoms in total. The normalized spacial score (nSPS) is 16.7. The van der Waals surface area contributed by atoms with Gasteiger partial charge < -0.3 is 19.5 Å². The van der Waals surface area contributed by atoms with Crippen LogP contribution in [-0.4, -0.2) is 32.4 Å². The quantitative estimate of drug-likeness (QED) is 0.690. The fourth-order valence-corrected chi connectivity index (χ4v) is 3.57. The van der Waals surface area contributed by atoms with E-state index in [1.165, 1.54) is 39.5 Å². The number of nitrogens with zero attached hydrogens (tertiary/aromatic N) is 1. The first-order chi connectivity index (χ1) is 14.3. The van der Waals surface area contributed by atoms with Gasteiger partial charge in [0, 0.05) is 0 Å². The third-order valence-electron chi connectivity index (χ3n) is 4.07. The molecule has 0 aromatic heterocycles. The molecule has 1 heterocycles. The van der Waals surface area contributed by atoms with E-state index in [2.05, 4.69) is 10.3 Å². The Hall–Kier alpha value is -3.14. The van der Waals surface area contributed by atoms with E-state index in [4.69, 9.17) is 14.2 Å². The summed E-state index contributed by atoms with van der Waals surface area (Å²) in [6.07, 6.45) is -2.99. The molecule has 1 aliphatic rings. The number of hydrogen-bond acceptors (Lipinski definition) is 6. The minimum absolute atomic E-state index is 0.0513. The van der Waals surface area contributed by atoms with Crippen molar-refractivity contribution in [3.63, 3.8) is 0 Å². The van der Waals surface area contributed by atoms with Crippen LogP contribution in [0.2, 0.25) is 0 Å². The number of nitrogens with one attached hydrogen (secondary N) is 1. The molecule has 1 saturated heterocycles. The SMILES string of the molecule is COc1cc(C=C2SC(=Nc3ccccc3C(F)(F)F)NC2=O)cc(OC)c1OC. The highest BCUT2D eigenvalue weighted by atomic mass is 32.2. The van der Waals surface area contributed by atoms with Crippen LogP contribution in [-0.2, 0) is 11.0 Å². The predicted octanol–water partition coefficient (Wildman–Crippen LogP) is 4.62. The Morgan fingerprint density at radius 2 is 1.67 bits per heavy atom. The molecule has 2 aromatic carbocycles. The zero-order valence-corrected chi connectivity index (χ0v) is 17.0. The van der Waals surface area contributed by atoms with E-state index in [1.807, 2.05) is 0 Å². The minimum atomic E-state index is -4.55. The van der Waals surface area contributed by atoms with Crippen molar-refractivity contribution in [2.24, 2.45) is 4.99 Å². The van der Waals surface area contributed by atoms with Crippen molar-refractivity contribution in [1.82, 2.24) is 5.32 Å². The molecule has 1 N–H and O–H groups in total. The summed E-state index contributed by atoms with van der Waals surface area (Å²) in [5.74, 6) is 0.730. The number of alkyl halides is 3. The number of methoxy groups -OCH3 is 3. The number of carbonyl (C=O) groups excluding carboxylic acids is 1. The van der Waals surface area contributed by atoms with Crippen molar-refractivity contribution in [3.8, 4) is 17.2 Å². The Balaban J connectivity index is 1.94. The van der Waals surface area contributed by atoms with Crippen LogP contribution in [0.4, 0.5) is 18.9 Å². The number of para-hydroxylation sites is 1. The van der Waals surface area contributed by atoms with Crippen molar-refractivity contribution in [2.45, 2.75) is 6.18 Å². The second kappa shape index (κ2) is 8.70. The number of hydrogen-bond donors (Lipinski definition) is 1. The number of rotatable bonds is 5. The molecule has 0 bridgehead atoms. The molecule has 0 saturated carbocycles. The molecule has 1 amide bonds. The molecule has 158 valence electrons. The average molecular weight is 438 g/mol. The maximum atomic E-state index is 13.2. The Morgan fingerprint density at radius 3 is 2.23 bits per heavy atom. The lowest BCUT2D eigenvalue weighted by molar-refractivity contribution is -0.137. The van der Waals surface area contributed by atoms with Gasteiger partial charge in [0.05, 0.1) is 37.5 Å². The summed E-state index contributed by atoms with van der Waals surface area (Å²) in [5.41, 5.74) is -0.574. The van der Waals surface area contributed by atoms with Gasteiger partial charge in [-0.05, 0) is 47.7 Å². The van der Waals surface area contributed by atoms with Crippen molar-refractivity contribution in [2.75, 3.05) is 21.3 Å². The number of amides is 1. The Bertz CT molecular complexity index is 1010. The highest BCUT2D eigenvalue weighted by Gasteiger charge is 2.34. The standard InChI is InChI=1S/C20H17F3N2O4S/c1-27-14-8-11(9-15(28-2)17(14)29-3)10-16-18(26)25-19(30-16)24-13-7-5-4-6-12(13)20(21,22)23/h4-10H,1-3H3,(H,24,25,26). The van der Waals surface area contributed by atoms with Crippen molar-refractivity contribution in [3.05, 3.63) is 52.4 Å².